The van der Waals surface area contributed by atoms with Crippen molar-refractivity contribution in [2.75, 3.05) is 50.1 Å². The second-order valence-electron chi connectivity index (χ2n) is 7.32. The predicted molar refractivity (Wildman–Crippen MR) is 113 cm³/mol. The van der Waals surface area contributed by atoms with E-state index >= 15 is 0 Å². The summed E-state index contributed by atoms with van der Waals surface area (Å²) >= 11 is 0. The van der Waals surface area contributed by atoms with Gasteiger partial charge in [-0.25, -0.2) is 4.98 Å². The summed E-state index contributed by atoms with van der Waals surface area (Å²) in [5, 5.41) is 8.71. The van der Waals surface area contributed by atoms with Crippen molar-refractivity contribution in [1.82, 2.24) is 24.6 Å². The summed E-state index contributed by atoms with van der Waals surface area (Å²) in [6.45, 7) is 4.72. The van der Waals surface area contributed by atoms with Crippen molar-refractivity contribution in [3.05, 3.63) is 60.2 Å². The van der Waals surface area contributed by atoms with E-state index in [1.165, 1.54) is 0 Å². The Hall–Kier alpha value is -3.42. The molecule has 1 aromatic carbocycles. The van der Waals surface area contributed by atoms with E-state index in [0.29, 0.717) is 13.1 Å². The van der Waals surface area contributed by atoms with Gasteiger partial charge in [-0.05, 0) is 37.3 Å². The Labute approximate surface area is 170 Å². The van der Waals surface area contributed by atoms with Crippen molar-refractivity contribution >= 4 is 17.4 Å². The minimum Gasteiger partial charge on any atom is -0.378 e. The highest BCUT2D eigenvalue weighted by Crippen LogP contribution is 2.18. The molecule has 1 saturated heterocycles. The normalized spacial score (nSPS) is 14.2. The lowest BCUT2D eigenvalue weighted by Crippen LogP contribution is -2.49. The highest BCUT2D eigenvalue weighted by atomic mass is 16.2. The molecule has 0 unspecified atom stereocenters. The first kappa shape index (κ1) is 18.9. The monoisotopic (exact) mass is 391 g/mol. The molecule has 3 aromatic rings. The highest BCUT2D eigenvalue weighted by molar-refractivity contribution is 5.95. The summed E-state index contributed by atoms with van der Waals surface area (Å²) < 4.78 is 1.90. The molecule has 0 bridgehead atoms. The smallest absolute Gasteiger partial charge is 0.254 e. The van der Waals surface area contributed by atoms with Crippen LogP contribution in [0.25, 0.3) is 5.82 Å². The molecule has 1 fully saturated rings. The molecule has 0 saturated carbocycles. The molecule has 1 aliphatic heterocycles. The van der Waals surface area contributed by atoms with E-state index in [1.807, 2.05) is 78.0 Å². The van der Waals surface area contributed by atoms with Crippen LogP contribution in [0.3, 0.4) is 0 Å². The molecule has 0 radical (unpaired) electrons. The highest BCUT2D eigenvalue weighted by Gasteiger charge is 2.23. The van der Waals surface area contributed by atoms with E-state index in [2.05, 4.69) is 20.1 Å². The zero-order valence-corrected chi connectivity index (χ0v) is 17.0. The average molecular weight is 391 g/mol. The number of rotatable bonds is 4. The summed E-state index contributed by atoms with van der Waals surface area (Å²) in [6.07, 6.45) is 3.62. The van der Waals surface area contributed by atoms with E-state index in [1.54, 1.807) is 6.20 Å². The molecule has 1 aliphatic rings. The minimum absolute atomic E-state index is 0.0744. The number of hydrogen-bond acceptors (Lipinski definition) is 6. The third-order valence-corrected chi connectivity index (χ3v) is 5.21. The van der Waals surface area contributed by atoms with E-state index in [4.69, 9.17) is 0 Å². The van der Waals surface area contributed by atoms with Gasteiger partial charge in [-0.2, -0.15) is 0 Å². The molecule has 0 N–H and O–H groups in total. The van der Waals surface area contributed by atoms with Gasteiger partial charge in [-0.3, -0.25) is 9.36 Å². The molecule has 4 rings (SSSR count). The SMILES string of the molecule is Cc1nccn1-c1ccc(N2CCN(C(=O)c3cccc(N(C)C)c3)CC2)nn1. The minimum atomic E-state index is 0.0744. The van der Waals surface area contributed by atoms with Gasteiger partial charge in [0.15, 0.2) is 11.6 Å². The number of carbonyl (C=O) groups is 1. The van der Waals surface area contributed by atoms with Crippen molar-refractivity contribution in [3.8, 4) is 5.82 Å². The van der Waals surface area contributed by atoms with Crippen LogP contribution >= 0.6 is 0 Å². The Bertz CT molecular complexity index is 988. The second kappa shape index (κ2) is 7.90. The van der Waals surface area contributed by atoms with Gasteiger partial charge < -0.3 is 14.7 Å². The maximum Gasteiger partial charge on any atom is 0.254 e. The summed E-state index contributed by atoms with van der Waals surface area (Å²) in [5.74, 6) is 2.52. The van der Waals surface area contributed by atoms with E-state index in [0.717, 1.165) is 41.8 Å². The van der Waals surface area contributed by atoms with Crippen LogP contribution in [0, 0.1) is 6.92 Å². The van der Waals surface area contributed by atoms with Gasteiger partial charge in [0.1, 0.15) is 5.82 Å². The van der Waals surface area contributed by atoms with Crippen LogP contribution in [0.1, 0.15) is 16.2 Å². The van der Waals surface area contributed by atoms with Crippen LogP contribution in [0.2, 0.25) is 0 Å². The third kappa shape index (κ3) is 3.91. The summed E-state index contributed by atoms with van der Waals surface area (Å²) in [7, 11) is 3.95. The third-order valence-electron chi connectivity index (χ3n) is 5.21. The van der Waals surface area contributed by atoms with Gasteiger partial charge in [-0.1, -0.05) is 6.07 Å². The van der Waals surface area contributed by atoms with Crippen LogP contribution in [0.15, 0.2) is 48.8 Å². The quantitative estimate of drug-likeness (QED) is 0.678. The van der Waals surface area contributed by atoms with Gasteiger partial charge in [0, 0.05) is 63.9 Å². The van der Waals surface area contributed by atoms with Crippen molar-refractivity contribution in [2.24, 2.45) is 0 Å². The second-order valence-corrected chi connectivity index (χ2v) is 7.32. The number of hydrogen-bond donors (Lipinski definition) is 0. The molecule has 3 heterocycles. The van der Waals surface area contributed by atoms with E-state index in [9.17, 15) is 4.79 Å². The first-order chi connectivity index (χ1) is 14.0. The number of piperazine rings is 1. The Morgan fingerprint density at radius 3 is 2.34 bits per heavy atom. The van der Waals surface area contributed by atoms with Crippen LogP contribution in [0.4, 0.5) is 11.5 Å². The Morgan fingerprint density at radius 1 is 1.00 bits per heavy atom. The Morgan fingerprint density at radius 2 is 1.72 bits per heavy atom. The number of nitrogens with zero attached hydrogens (tertiary/aromatic N) is 7. The lowest BCUT2D eigenvalue weighted by atomic mass is 10.1. The number of carbonyl (C=O) groups excluding carboxylic acids is 1. The molecule has 8 heteroatoms. The molecule has 29 heavy (non-hydrogen) atoms. The fourth-order valence-corrected chi connectivity index (χ4v) is 3.47. The number of anilines is 2. The van der Waals surface area contributed by atoms with Crippen LogP contribution in [0.5, 0.6) is 0 Å². The van der Waals surface area contributed by atoms with Gasteiger partial charge in [-0.15, -0.1) is 10.2 Å². The summed E-state index contributed by atoms with van der Waals surface area (Å²) in [4.78, 5) is 23.2. The molecule has 150 valence electrons. The van der Waals surface area contributed by atoms with Gasteiger partial charge in [0.25, 0.3) is 5.91 Å². The predicted octanol–water partition coefficient (Wildman–Crippen LogP) is 2.00. The topological polar surface area (TPSA) is 70.4 Å². The molecular weight excluding hydrogens is 366 g/mol. The molecule has 0 atom stereocenters. The van der Waals surface area contributed by atoms with Crippen molar-refractivity contribution < 1.29 is 4.79 Å². The van der Waals surface area contributed by atoms with Crippen molar-refractivity contribution in [3.63, 3.8) is 0 Å². The largest absolute Gasteiger partial charge is 0.378 e. The molecule has 0 aliphatic carbocycles. The van der Waals surface area contributed by atoms with Crippen LogP contribution < -0.4 is 9.80 Å². The fourth-order valence-electron chi connectivity index (χ4n) is 3.47. The number of amides is 1. The van der Waals surface area contributed by atoms with Crippen molar-refractivity contribution in [1.29, 1.82) is 0 Å². The molecule has 2 aromatic heterocycles. The van der Waals surface area contributed by atoms with Crippen LogP contribution in [-0.2, 0) is 0 Å². The summed E-state index contributed by atoms with van der Waals surface area (Å²) in [5.41, 5.74) is 1.75. The fraction of sp³-hybridized carbons (Fsp3) is 0.333. The standard InChI is InChI=1S/C21H25N7O/c1-16-22-9-10-28(16)20-8-7-19(23-24-20)26-11-13-27(14-12-26)21(29)17-5-4-6-18(15-17)25(2)3/h4-10,15H,11-14H2,1-3H3. The summed E-state index contributed by atoms with van der Waals surface area (Å²) in [6, 6.07) is 11.7. The van der Waals surface area contributed by atoms with Gasteiger partial charge >= 0.3 is 0 Å². The maximum atomic E-state index is 12.9. The maximum absolute atomic E-state index is 12.9. The zero-order chi connectivity index (χ0) is 20.4. The number of aryl methyl sites for hydroxylation is 1. The van der Waals surface area contributed by atoms with Crippen molar-refractivity contribution in [2.45, 2.75) is 6.92 Å². The van der Waals surface area contributed by atoms with E-state index < -0.39 is 0 Å². The van der Waals surface area contributed by atoms with Gasteiger partial charge in [0.05, 0.1) is 0 Å². The zero-order valence-electron chi connectivity index (χ0n) is 17.0. The first-order valence-corrected chi connectivity index (χ1v) is 9.68. The lowest BCUT2D eigenvalue weighted by Gasteiger charge is -2.35. The first-order valence-electron chi connectivity index (χ1n) is 9.68. The number of imidazole rings is 1. The van der Waals surface area contributed by atoms with Gasteiger partial charge in [0.2, 0.25) is 0 Å². The number of benzene rings is 1. The molecule has 1 amide bonds. The molecule has 0 spiro atoms. The Kier molecular flexibility index (Phi) is 5.16. The Balaban J connectivity index is 1.40. The van der Waals surface area contributed by atoms with E-state index in [-0.39, 0.29) is 5.91 Å². The van der Waals surface area contributed by atoms with Crippen LogP contribution in [-0.4, -0.2) is 70.8 Å². The molecular formula is C21H25N7O. The number of aromatic nitrogens is 4. The lowest BCUT2D eigenvalue weighted by molar-refractivity contribution is 0.0746. The molecule has 8 nitrogen and oxygen atoms in total. The average Bonchev–Trinajstić information content (AvgIpc) is 3.19.